The standard InChI is InChI=1S/C17H25NO2/c1-12-6-5-11-17(2,3)15(12)16(19)18-13-7-9-14(20-4)10-8-13/h7-10,12,15H,5-6,11H2,1-4H3,(H,18,19). The summed E-state index contributed by atoms with van der Waals surface area (Å²) in [5.41, 5.74) is 0.915. The lowest BCUT2D eigenvalue weighted by molar-refractivity contribution is -0.127. The molecule has 110 valence electrons. The summed E-state index contributed by atoms with van der Waals surface area (Å²) in [6.45, 7) is 6.61. The number of anilines is 1. The number of carbonyl (C=O) groups is 1. The zero-order valence-electron chi connectivity index (χ0n) is 12.9. The molecule has 1 N–H and O–H groups in total. The van der Waals surface area contributed by atoms with Gasteiger partial charge < -0.3 is 10.1 Å². The quantitative estimate of drug-likeness (QED) is 0.902. The average molecular weight is 275 g/mol. The van der Waals surface area contributed by atoms with E-state index in [1.807, 2.05) is 24.3 Å². The Labute approximate surface area is 121 Å². The minimum Gasteiger partial charge on any atom is -0.497 e. The number of hydrogen-bond acceptors (Lipinski definition) is 2. The Morgan fingerprint density at radius 3 is 2.50 bits per heavy atom. The summed E-state index contributed by atoms with van der Waals surface area (Å²) in [6, 6.07) is 7.50. The van der Waals surface area contributed by atoms with Crippen LogP contribution in [0, 0.1) is 17.3 Å². The zero-order chi connectivity index (χ0) is 14.8. The fraction of sp³-hybridized carbons (Fsp3) is 0.588. The van der Waals surface area contributed by atoms with Gasteiger partial charge in [0.2, 0.25) is 5.91 Å². The second kappa shape index (κ2) is 5.86. The van der Waals surface area contributed by atoms with Crippen molar-refractivity contribution in [2.45, 2.75) is 40.0 Å². The molecule has 2 unspecified atom stereocenters. The first-order valence-corrected chi connectivity index (χ1v) is 7.39. The lowest BCUT2D eigenvalue weighted by Gasteiger charge is -2.41. The van der Waals surface area contributed by atoms with Crippen LogP contribution in [0.25, 0.3) is 0 Å². The molecule has 0 aromatic heterocycles. The molecule has 1 amide bonds. The largest absolute Gasteiger partial charge is 0.497 e. The smallest absolute Gasteiger partial charge is 0.228 e. The molecule has 1 aliphatic rings. The van der Waals surface area contributed by atoms with Crippen molar-refractivity contribution in [1.29, 1.82) is 0 Å². The third kappa shape index (κ3) is 3.14. The fourth-order valence-electron chi connectivity index (χ4n) is 3.48. The minimum atomic E-state index is 0.0776. The molecule has 2 atom stereocenters. The van der Waals surface area contributed by atoms with Gasteiger partial charge in [0, 0.05) is 11.6 Å². The molecule has 0 heterocycles. The molecule has 0 saturated heterocycles. The third-order valence-electron chi connectivity index (χ3n) is 4.53. The molecule has 3 heteroatoms. The summed E-state index contributed by atoms with van der Waals surface area (Å²) in [5, 5.41) is 3.05. The lowest BCUT2D eigenvalue weighted by atomic mass is 9.64. The van der Waals surface area contributed by atoms with Crippen molar-refractivity contribution >= 4 is 11.6 Å². The van der Waals surface area contributed by atoms with Crippen molar-refractivity contribution in [3.05, 3.63) is 24.3 Å². The second-order valence-electron chi connectivity index (χ2n) is 6.55. The van der Waals surface area contributed by atoms with Crippen LogP contribution in [0.1, 0.15) is 40.0 Å². The van der Waals surface area contributed by atoms with Crippen LogP contribution >= 0.6 is 0 Å². The topological polar surface area (TPSA) is 38.3 Å². The summed E-state index contributed by atoms with van der Waals surface area (Å²) in [4.78, 5) is 12.6. The van der Waals surface area contributed by atoms with E-state index < -0.39 is 0 Å². The highest BCUT2D eigenvalue weighted by molar-refractivity contribution is 5.93. The normalized spacial score (nSPS) is 25.0. The first-order valence-electron chi connectivity index (χ1n) is 7.39. The maximum atomic E-state index is 12.6. The van der Waals surface area contributed by atoms with Crippen LogP contribution in [-0.2, 0) is 4.79 Å². The number of ether oxygens (including phenoxy) is 1. The second-order valence-corrected chi connectivity index (χ2v) is 6.55. The molecule has 0 spiro atoms. The van der Waals surface area contributed by atoms with Gasteiger partial charge in [0.15, 0.2) is 0 Å². The fourth-order valence-corrected chi connectivity index (χ4v) is 3.48. The van der Waals surface area contributed by atoms with E-state index in [1.54, 1.807) is 7.11 Å². The predicted octanol–water partition coefficient (Wildman–Crippen LogP) is 4.10. The van der Waals surface area contributed by atoms with Crippen LogP contribution in [0.4, 0.5) is 5.69 Å². The van der Waals surface area contributed by atoms with Gasteiger partial charge >= 0.3 is 0 Å². The summed E-state index contributed by atoms with van der Waals surface area (Å²) < 4.78 is 5.13. The highest BCUT2D eigenvalue weighted by atomic mass is 16.5. The summed E-state index contributed by atoms with van der Waals surface area (Å²) in [6.07, 6.45) is 3.49. The van der Waals surface area contributed by atoms with Gasteiger partial charge in [0.05, 0.1) is 7.11 Å². The minimum absolute atomic E-state index is 0.0776. The lowest BCUT2D eigenvalue weighted by Crippen LogP contribution is -2.42. The van der Waals surface area contributed by atoms with Crippen molar-refractivity contribution in [2.75, 3.05) is 12.4 Å². The molecule has 1 aromatic rings. The number of amides is 1. The van der Waals surface area contributed by atoms with Gasteiger partial charge in [0.25, 0.3) is 0 Å². The summed E-state index contributed by atoms with van der Waals surface area (Å²) in [5.74, 6) is 1.47. The number of methoxy groups -OCH3 is 1. The van der Waals surface area contributed by atoms with Gasteiger partial charge in [-0.15, -0.1) is 0 Å². The third-order valence-corrected chi connectivity index (χ3v) is 4.53. The average Bonchev–Trinajstić information content (AvgIpc) is 2.38. The molecule has 0 bridgehead atoms. The van der Waals surface area contributed by atoms with E-state index >= 15 is 0 Å². The number of nitrogens with one attached hydrogen (secondary N) is 1. The molecule has 1 saturated carbocycles. The van der Waals surface area contributed by atoms with E-state index in [4.69, 9.17) is 4.74 Å². The van der Waals surface area contributed by atoms with Crippen LogP contribution < -0.4 is 10.1 Å². The van der Waals surface area contributed by atoms with Gasteiger partial charge in [-0.2, -0.15) is 0 Å². The predicted molar refractivity (Wildman–Crippen MR) is 81.9 cm³/mol. The van der Waals surface area contributed by atoms with Crippen molar-refractivity contribution in [3.8, 4) is 5.75 Å². The summed E-state index contributed by atoms with van der Waals surface area (Å²) >= 11 is 0. The molecule has 2 rings (SSSR count). The van der Waals surface area contributed by atoms with Gasteiger partial charge in [-0.25, -0.2) is 0 Å². The molecular formula is C17H25NO2. The van der Waals surface area contributed by atoms with Crippen molar-refractivity contribution < 1.29 is 9.53 Å². The van der Waals surface area contributed by atoms with Crippen molar-refractivity contribution in [1.82, 2.24) is 0 Å². The Balaban J connectivity index is 2.09. The van der Waals surface area contributed by atoms with Crippen LogP contribution in [0.2, 0.25) is 0 Å². The van der Waals surface area contributed by atoms with Gasteiger partial charge in [-0.05, 0) is 48.4 Å². The maximum absolute atomic E-state index is 12.6. The van der Waals surface area contributed by atoms with Crippen LogP contribution in [0.5, 0.6) is 5.75 Å². The highest BCUT2D eigenvalue weighted by Gasteiger charge is 2.41. The Morgan fingerprint density at radius 2 is 1.95 bits per heavy atom. The molecule has 0 aliphatic heterocycles. The molecule has 1 aliphatic carbocycles. The van der Waals surface area contributed by atoms with E-state index in [9.17, 15) is 4.79 Å². The molecular weight excluding hydrogens is 250 g/mol. The first kappa shape index (κ1) is 14.9. The number of benzene rings is 1. The molecule has 0 radical (unpaired) electrons. The van der Waals surface area contributed by atoms with E-state index in [0.29, 0.717) is 5.92 Å². The van der Waals surface area contributed by atoms with Gasteiger partial charge in [-0.1, -0.05) is 27.2 Å². The zero-order valence-corrected chi connectivity index (χ0v) is 12.9. The van der Waals surface area contributed by atoms with Crippen LogP contribution in [0.15, 0.2) is 24.3 Å². The first-order chi connectivity index (χ1) is 9.44. The van der Waals surface area contributed by atoms with Crippen LogP contribution in [-0.4, -0.2) is 13.0 Å². The molecule has 1 fully saturated rings. The van der Waals surface area contributed by atoms with Gasteiger partial charge in [0.1, 0.15) is 5.75 Å². The monoisotopic (exact) mass is 275 g/mol. The molecule has 3 nitrogen and oxygen atoms in total. The van der Waals surface area contributed by atoms with E-state index in [0.717, 1.165) is 24.3 Å². The Morgan fingerprint density at radius 1 is 1.30 bits per heavy atom. The Bertz CT molecular complexity index is 464. The Kier molecular flexibility index (Phi) is 4.36. The summed E-state index contributed by atoms with van der Waals surface area (Å²) in [7, 11) is 1.64. The van der Waals surface area contributed by atoms with Crippen molar-refractivity contribution in [3.63, 3.8) is 0 Å². The number of carbonyl (C=O) groups excluding carboxylic acids is 1. The van der Waals surface area contributed by atoms with E-state index in [-0.39, 0.29) is 17.2 Å². The van der Waals surface area contributed by atoms with Gasteiger partial charge in [-0.3, -0.25) is 4.79 Å². The molecule has 1 aromatic carbocycles. The number of hydrogen-bond donors (Lipinski definition) is 1. The Hall–Kier alpha value is -1.51. The number of rotatable bonds is 3. The van der Waals surface area contributed by atoms with E-state index in [1.165, 1.54) is 6.42 Å². The van der Waals surface area contributed by atoms with Crippen LogP contribution in [0.3, 0.4) is 0 Å². The molecule has 20 heavy (non-hydrogen) atoms. The SMILES string of the molecule is COc1ccc(NC(=O)C2C(C)CCCC2(C)C)cc1. The highest BCUT2D eigenvalue weighted by Crippen LogP contribution is 2.44. The maximum Gasteiger partial charge on any atom is 0.228 e. The van der Waals surface area contributed by atoms with E-state index in [2.05, 4.69) is 26.1 Å². The van der Waals surface area contributed by atoms with Crippen molar-refractivity contribution in [2.24, 2.45) is 17.3 Å².